The van der Waals surface area contributed by atoms with E-state index in [4.69, 9.17) is 14.6 Å². The van der Waals surface area contributed by atoms with Crippen LogP contribution in [-0.4, -0.2) is 59.9 Å². The Morgan fingerprint density at radius 3 is 2.47 bits per heavy atom. The van der Waals surface area contributed by atoms with Crippen LogP contribution in [0.3, 0.4) is 0 Å². The van der Waals surface area contributed by atoms with Gasteiger partial charge in [-0.25, -0.2) is 4.79 Å². The molecule has 2 atom stereocenters. The van der Waals surface area contributed by atoms with Gasteiger partial charge in [0.05, 0.1) is 12.2 Å². The number of hydrogen-bond donors (Lipinski definition) is 1. The van der Waals surface area contributed by atoms with Gasteiger partial charge in [-0.15, -0.1) is 0 Å². The fourth-order valence-electron chi connectivity index (χ4n) is 2.62. The minimum absolute atomic E-state index is 0.0522. The quantitative estimate of drug-likeness (QED) is 0.812. The van der Waals surface area contributed by atoms with Crippen molar-refractivity contribution in [2.75, 3.05) is 19.7 Å². The Labute approximate surface area is 112 Å². The lowest BCUT2D eigenvalue weighted by molar-refractivity contribution is -0.149. The van der Waals surface area contributed by atoms with Crippen LogP contribution in [0.4, 0.5) is 0 Å². The number of carbonyl (C=O) groups is 2. The molecule has 2 aliphatic heterocycles. The summed E-state index contributed by atoms with van der Waals surface area (Å²) in [6.45, 7) is 2.97. The highest BCUT2D eigenvalue weighted by molar-refractivity contribution is 5.81. The largest absolute Gasteiger partial charge is 0.480 e. The van der Waals surface area contributed by atoms with Crippen LogP contribution in [0.5, 0.6) is 0 Å². The van der Waals surface area contributed by atoms with E-state index in [1.807, 2.05) is 11.8 Å². The minimum Gasteiger partial charge on any atom is -0.480 e. The fourth-order valence-corrected chi connectivity index (χ4v) is 2.62. The maximum Gasteiger partial charge on any atom is 0.329 e. The molecular formula is C13H21NO5. The number of piperidine rings is 1. The summed E-state index contributed by atoms with van der Waals surface area (Å²) in [6.07, 6.45) is 2.97. The van der Waals surface area contributed by atoms with Crippen LogP contribution in [-0.2, 0) is 19.1 Å². The highest BCUT2D eigenvalue weighted by Crippen LogP contribution is 2.23. The molecule has 2 unspecified atom stereocenters. The monoisotopic (exact) mass is 271 g/mol. The van der Waals surface area contributed by atoms with Crippen molar-refractivity contribution in [3.05, 3.63) is 0 Å². The summed E-state index contributed by atoms with van der Waals surface area (Å²) in [5.74, 6) is -0.882. The first-order valence-corrected chi connectivity index (χ1v) is 6.84. The molecule has 0 spiro atoms. The number of amides is 1. The van der Waals surface area contributed by atoms with Crippen LogP contribution in [0.1, 0.15) is 32.6 Å². The van der Waals surface area contributed by atoms with Crippen LogP contribution >= 0.6 is 0 Å². The summed E-state index contributed by atoms with van der Waals surface area (Å²) < 4.78 is 10.8. The van der Waals surface area contributed by atoms with E-state index >= 15 is 0 Å². The molecule has 1 N–H and O–H groups in total. The number of carboxylic acids is 1. The molecule has 0 saturated carbocycles. The standard InChI is InChI=1S/C13H21NO5/c1-9-2-3-11(19-9)13(17)14-6-4-10(5-7-14)18-8-12(15)16/h9-11H,2-8H2,1H3,(H,15,16). The number of carboxylic acid groups (broad SMARTS) is 1. The molecule has 0 bridgehead atoms. The van der Waals surface area contributed by atoms with E-state index in [1.54, 1.807) is 0 Å². The van der Waals surface area contributed by atoms with Crippen molar-refractivity contribution in [3.8, 4) is 0 Å². The number of nitrogens with zero attached hydrogens (tertiary/aromatic N) is 1. The van der Waals surface area contributed by atoms with Crippen LogP contribution in [0.15, 0.2) is 0 Å². The third kappa shape index (κ3) is 3.91. The van der Waals surface area contributed by atoms with Gasteiger partial charge in [-0.05, 0) is 32.6 Å². The van der Waals surface area contributed by atoms with E-state index in [2.05, 4.69) is 0 Å². The van der Waals surface area contributed by atoms with Crippen LogP contribution in [0.2, 0.25) is 0 Å². The molecule has 0 radical (unpaired) electrons. The van der Waals surface area contributed by atoms with Gasteiger partial charge in [0.1, 0.15) is 12.7 Å². The Morgan fingerprint density at radius 2 is 1.95 bits per heavy atom. The molecule has 0 aromatic heterocycles. The van der Waals surface area contributed by atoms with Crippen LogP contribution in [0.25, 0.3) is 0 Å². The van der Waals surface area contributed by atoms with Crippen molar-refractivity contribution in [1.82, 2.24) is 4.90 Å². The Morgan fingerprint density at radius 1 is 1.26 bits per heavy atom. The number of carbonyl (C=O) groups excluding carboxylic acids is 1. The molecule has 2 fully saturated rings. The van der Waals surface area contributed by atoms with Crippen molar-refractivity contribution in [3.63, 3.8) is 0 Å². The van der Waals surface area contributed by atoms with Gasteiger partial charge in [-0.1, -0.05) is 0 Å². The van der Waals surface area contributed by atoms with Crippen LogP contribution < -0.4 is 0 Å². The van der Waals surface area contributed by atoms with E-state index in [9.17, 15) is 9.59 Å². The average molecular weight is 271 g/mol. The average Bonchev–Trinajstić information content (AvgIpc) is 2.83. The second kappa shape index (κ2) is 6.34. The number of likely N-dealkylation sites (tertiary alicyclic amines) is 1. The van der Waals surface area contributed by atoms with Gasteiger partial charge in [0, 0.05) is 13.1 Å². The summed E-state index contributed by atoms with van der Waals surface area (Å²) >= 11 is 0. The van der Waals surface area contributed by atoms with Gasteiger partial charge in [0.25, 0.3) is 5.91 Å². The van der Waals surface area contributed by atoms with Crippen molar-refractivity contribution < 1.29 is 24.2 Å². The Kier molecular flexibility index (Phi) is 4.76. The van der Waals surface area contributed by atoms with Gasteiger partial charge in [-0.3, -0.25) is 4.79 Å². The van der Waals surface area contributed by atoms with Gasteiger partial charge < -0.3 is 19.5 Å². The summed E-state index contributed by atoms with van der Waals surface area (Å²) in [4.78, 5) is 24.4. The highest BCUT2D eigenvalue weighted by atomic mass is 16.5. The minimum atomic E-state index is -0.952. The molecule has 6 heteroatoms. The van der Waals surface area contributed by atoms with E-state index in [1.165, 1.54) is 0 Å². The molecule has 2 aliphatic rings. The zero-order valence-electron chi connectivity index (χ0n) is 11.2. The predicted molar refractivity (Wildman–Crippen MR) is 66.8 cm³/mol. The molecule has 2 saturated heterocycles. The lowest BCUT2D eigenvalue weighted by atomic mass is 10.1. The van der Waals surface area contributed by atoms with Crippen molar-refractivity contribution in [2.45, 2.75) is 50.9 Å². The SMILES string of the molecule is CC1CCC(C(=O)N2CCC(OCC(=O)O)CC2)O1. The molecule has 0 aliphatic carbocycles. The first-order chi connectivity index (χ1) is 9.06. The van der Waals surface area contributed by atoms with Crippen molar-refractivity contribution >= 4 is 11.9 Å². The number of ether oxygens (including phenoxy) is 2. The molecule has 1 amide bonds. The van der Waals surface area contributed by atoms with Crippen LogP contribution in [0, 0.1) is 0 Å². The molecular weight excluding hydrogens is 250 g/mol. The highest BCUT2D eigenvalue weighted by Gasteiger charge is 2.33. The summed E-state index contributed by atoms with van der Waals surface area (Å²) in [5, 5.41) is 8.55. The smallest absolute Gasteiger partial charge is 0.329 e. The first-order valence-electron chi connectivity index (χ1n) is 6.84. The summed E-state index contributed by atoms with van der Waals surface area (Å²) in [5.41, 5.74) is 0. The van der Waals surface area contributed by atoms with E-state index in [-0.39, 0.29) is 30.8 Å². The van der Waals surface area contributed by atoms with Gasteiger partial charge in [0.15, 0.2) is 0 Å². The predicted octanol–water partition coefficient (Wildman–Crippen LogP) is 0.646. The molecule has 108 valence electrons. The zero-order valence-corrected chi connectivity index (χ0v) is 11.2. The van der Waals surface area contributed by atoms with Gasteiger partial charge in [0.2, 0.25) is 0 Å². The second-order valence-corrected chi connectivity index (χ2v) is 5.24. The van der Waals surface area contributed by atoms with E-state index in [0.29, 0.717) is 25.9 Å². The third-order valence-corrected chi connectivity index (χ3v) is 3.70. The Bertz CT molecular complexity index is 338. The molecule has 6 nitrogen and oxygen atoms in total. The molecule has 0 aromatic carbocycles. The number of rotatable bonds is 4. The zero-order chi connectivity index (χ0) is 13.8. The molecule has 0 aromatic rings. The van der Waals surface area contributed by atoms with Crippen molar-refractivity contribution in [2.24, 2.45) is 0 Å². The Balaban J connectivity index is 1.73. The Hall–Kier alpha value is -1.14. The lowest BCUT2D eigenvalue weighted by Crippen LogP contribution is -2.45. The lowest BCUT2D eigenvalue weighted by Gasteiger charge is -2.33. The van der Waals surface area contributed by atoms with Crippen molar-refractivity contribution in [1.29, 1.82) is 0 Å². The number of hydrogen-bond acceptors (Lipinski definition) is 4. The maximum atomic E-state index is 12.2. The first kappa shape index (κ1) is 14.3. The molecule has 2 heterocycles. The topological polar surface area (TPSA) is 76.1 Å². The van der Waals surface area contributed by atoms with Gasteiger partial charge in [-0.2, -0.15) is 0 Å². The third-order valence-electron chi connectivity index (χ3n) is 3.70. The van der Waals surface area contributed by atoms with E-state index in [0.717, 1.165) is 12.8 Å². The summed E-state index contributed by atoms with van der Waals surface area (Å²) in [6, 6.07) is 0. The van der Waals surface area contributed by atoms with Gasteiger partial charge >= 0.3 is 5.97 Å². The fraction of sp³-hybridized carbons (Fsp3) is 0.846. The summed E-state index contributed by atoms with van der Waals surface area (Å²) in [7, 11) is 0. The molecule has 19 heavy (non-hydrogen) atoms. The molecule has 2 rings (SSSR count). The second-order valence-electron chi connectivity index (χ2n) is 5.24. The normalized spacial score (nSPS) is 28.6. The van der Waals surface area contributed by atoms with E-state index < -0.39 is 5.97 Å². The maximum absolute atomic E-state index is 12.2. The number of aliphatic carboxylic acids is 1.